The number of rotatable bonds is 3. The molecule has 0 bridgehead atoms. The van der Waals surface area contributed by atoms with Gasteiger partial charge < -0.3 is 15.7 Å². The Morgan fingerprint density at radius 1 is 1.50 bits per heavy atom. The molecule has 0 fully saturated rings. The van der Waals surface area contributed by atoms with Crippen LogP contribution in [0.25, 0.3) is 11.5 Å². The highest BCUT2D eigenvalue weighted by atomic mass is 16.1. The first-order valence-electron chi connectivity index (χ1n) is 5.24. The molecule has 2 rings (SSSR count). The van der Waals surface area contributed by atoms with Crippen molar-refractivity contribution < 1.29 is 0 Å². The van der Waals surface area contributed by atoms with Gasteiger partial charge in [-0.25, -0.2) is 4.98 Å². The maximum absolute atomic E-state index is 11.8. The summed E-state index contributed by atoms with van der Waals surface area (Å²) in [5, 5.41) is 0. The average molecular weight is 218 g/mol. The number of nitrogens with one attached hydrogen (secondary N) is 2. The highest BCUT2D eigenvalue weighted by Gasteiger charge is 2.09. The fraction of sp³-hybridized carbons (Fsp3) is 0.273. The Balaban J connectivity index is 2.49. The van der Waals surface area contributed by atoms with Crippen LogP contribution in [0.15, 0.2) is 23.1 Å². The van der Waals surface area contributed by atoms with Crippen molar-refractivity contribution in [3.05, 3.63) is 34.2 Å². The van der Waals surface area contributed by atoms with Crippen LogP contribution < -0.4 is 11.3 Å². The van der Waals surface area contributed by atoms with Gasteiger partial charge in [0.25, 0.3) is 5.56 Å². The number of hydrogen-bond donors (Lipinski definition) is 3. The molecule has 2 aromatic rings. The molecule has 0 radical (unpaired) electrons. The number of nitrogen functional groups attached to an aromatic ring is 1. The molecule has 84 valence electrons. The van der Waals surface area contributed by atoms with Crippen LogP contribution in [-0.4, -0.2) is 15.0 Å². The van der Waals surface area contributed by atoms with Crippen molar-refractivity contribution >= 4 is 5.82 Å². The van der Waals surface area contributed by atoms with E-state index in [4.69, 9.17) is 5.73 Å². The summed E-state index contributed by atoms with van der Waals surface area (Å²) in [7, 11) is 0. The molecule has 5 heteroatoms. The molecule has 4 N–H and O–H groups in total. The molecule has 0 aliphatic heterocycles. The number of nitrogens with zero attached hydrogens (tertiary/aromatic N) is 1. The van der Waals surface area contributed by atoms with Crippen LogP contribution in [0.5, 0.6) is 0 Å². The third-order valence-corrected chi connectivity index (χ3v) is 2.40. The van der Waals surface area contributed by atoms with E-state index in [9.17, 15) is 4.79 Å². The van der Waals surface area contributed by atoms with Gasteiger partial charge in [0.15, 0.2) is 5.82 Å². The smallest absolute Gasteiger partial charge is 0.256 e. The molecule has 0 amide bonds. The zero-order chi connectivity index (χ0) is 11.5. The van der Waals surface area contributed by atoms with Gasteiger partial charge in [-0.2, -0.15) is 0 Å². The topological polar surface area (TPSA) is 87.6 Å². The van der Waals surface area contributed by atoms with E-state index in [1.54, 1.807) is 6.20 Å². The van der Waals surface area contributed by atoms with Gasteiger partial charge in [0.05, 0.1) is 11.3 Å². The Kier molecular flexibility index (Phi) is 2.76. The monoisotopic (exact) mass is 218 g/mol. The Hall–Kier alpha value is -2.04. The number of nitrogens with two attached hydrogens (primary N) is 1. The highest BCUT2D eigenvalue weighted by molar-refractivity contribution is 5.53. The second kappa shape index (κ2) is 4.22. The van der Waals surface area contributed by atoms with E-state index in [0.717, 1.165) is 12.1 Å². The van der Waals surface area contributed by atoms with Gasteiger partial charge in [0.2, 0.25) is 0 Å². The summed E-state index contributed by atoms with van der Waals surface area (Å²) in [6, 6.07) is 3.67. The standard InChI is InChI=1S/C11H14N4O/c1-2-4-7-9(12)14-10(15-11(7)16)8-5-3-6-13-8/h3,5-6,13H,2,4H2,1H3,(H3,12,14,15,16). The van der Waals surface area contributed by atoms with Crippen LogP contribution >= 0.6 is 0 Å². The second-order valence-electron chi connectivity index (χ2n) is 3.61. The summed E-state index contributed by atoms with van der Waals surface area (Å²) in [6.07, 6.45) is 3.29. The number of aromatic amines is 2. The Morgan fingerprint density at radius 3 is 2.88 bits per heavy atom. The van der Waals surface area contributed by atoms with E-state index in [2.05, 4.69) is 15.0 Å². The maximum atomic E-state index is 11.8. The molecule has 0 aromatic carbocycles. The lowest BCUT2D eigenvalue weighted by atomic mass is 10.2. The van der Waals surface area contributed by atoms with Crippen LogP contribution in [0.3, 0.4) is 0 Å². The SMILES string of the molecule is CCCc1c(N)nc(-c2ccc[nH]2)[nH]c1=O. The largest absolute Gasteiger partial charge is 0.383 e. The first kappa shape index (κ1) is 10.5. The van der Waals surface area contributed by atoms with Gasteiger partial charge in [-0.15, -0.1) is 0 Å². The van der Waals surface area contributed by atoms with E-state index < -0.39 is 0 Å². The predicted molar refractivity (Wildman–Crippen MR) is 63.1 cm³/mol. The van der Waals surface area contributed by atoms with Gasteiger partial charge >= 0.3 is 0 Å². The third-order valence-electron chi connectivity index (χ3n) is 2.40. The third kappa shape index (κ3) is 1.84. The van der Waals surface area contributed by atoms with Crippen molar-refractivity contribution in [3.8, 4) is 11.5 Å². The molecule has 2 heterocycles. The minimum atomic E-state index is -0.154. The van der Waals surface area contributed by atoms with Crippen molar-refractivity contribution in [2.45, 2.75) is 19.8 Å². The first-order valence-corrected chi connectivity index (χ1v) is 5.24. The van der Waals surface area contributed by atoms with Crippen LogP contribution in [0, 0.1) is 0 Å². The summed E-state index contributed by atoms with van der Waals surface area (Å²) in [5.41, 5.74) is 6.94. The summed E-state index contributed by atoms with van der Waals surface area (Å²) < 4.78 is 0. The molecule has 0 unspecified atom stereocenters. The van der Waals surface area contributed by atoms with Crippen LogP contribution in [0.1, 0.15) is 18.9 Å². The average Bonchev–Trinajstić information content (AvgIpc) is 2.76. The fourth-order valence-corrected chi connectivity index (χ4v) is 1.61. The molecule has 16 heavy (non-hydrogen) atoms. The molecular formula is C11H14N4O. The molecule has 5 nitrogen and oxygen atoms in total. The highest BCUT2D eigenvalue weighted by Crippen LogP contribution is 2.13. The molecule has 0 spiro atoms. The number of anilines is 1. The molecule has 0 saturated heterocycles. The molecular weight excluding hydrogens is 204 g/mol. The lowest BCUT2D eigenvalue weighted by Crippen LogP contribution is -2.18. The van der Waals surface area contributed by atoms with Gasteiger partial charge in [-0.3, -0.25) is 4.79 Å². The van der Waals surface area contributed by atoms with Crippen LogP contribution in [0.2, 0.25) is 0 Å². The quantitative estimate of drug-likeness (QED) is 0.725. The number of H-pyrrole nitrogens is 2. The van der Waals surface area contributed by atoms with Crippen molar-refractivity contribution in [3.63, 3.8) is 0 Å². The van der Waals surface area contributed by atoms with E-state index in [1.165, 1.54) is 0 Å². The van der Waals surface area contributed by atoms with E-state index in [0.29, 0.717) is 23.6 Å². The normalized spacial score (nSPS) is 10.6. The van der Waals surface area contributed by atoms with E-state index >= 15 is 0 Å². The summed E-state index contributed by atoms with van der Waals surface area (Å²) in [6.45, 7) is 2.00. The second-order valence-corrected chi connectivity index (χ2v) is 3.61. The zero-order valence-electron chi connectivity index (χ0n) is 9.08. The van der Waals surface area contributed by atoms with Crippen molar-refractivity contribution in [2.75, 3.05) is 5.73 Å². The Labute approximate surface area is 92.7 Å². The molecule has 2 aromatic heterocycles. The summed E-state index contributed by atoms with van der Waals surface area (Å²) >= 11 is 0. The maximum Gasteiger partial charge on any atom is 0.256 e. The van der Waals surface area contributed by atoms with E-state index in [-0.39, 0.29) is 5.56 Å². The predicted octanol–water partition coefficient (Wildman–Crippen LogP) is 1.30. The molecule has 0 aliphatic rings. The molecule has 0 aliphatic carbocycles. The van der Waals surface area contributed by atoms with Gasteiger partial charge in [0.1, 0.15) is 5.82 Å². The molecule has 0 atom stereocenters. The number of aromatic nitrogens is 3. The Bertz CT molecular complexity index is 527. The number of hydrogen-bond acceptors (Lipinski definition) is 3. The van der Waals surface area contributed by atoms with Crippen LogP contribution in [-0.2, 0) is 6.42 Å². The summed E-state index contributed by atoms with van der Waals surface area (Å²) in [5.74, 6) is 0.794. The van der Waals surface area contributed by atoms with Crippen molar-refractivity contribution in [1.29, 1.82) is 0 Å². The zero-order valence-corrected chi connectivity index (χ0v) is 9.08. The Morgan fingerprint density at radius 2 is 2.31 bits per heavy atom. The van der Waals surface area contributed by atoms with Gasteiger partial charge in [-0.05, 0) is 18.6 Å². The lowest BCUT2D eigenvalue weighted by molar-refractivity contribution is 0.891. The van der Waals surface area contributed by atoms with Gasteiger partial charge in [-0.1, -0.05) is 13.3 Å². The van der Waals surface area contributed by atoms with Gasteiger partial charge in [0, 0.05) is 6.20 Å². The van der Waals surface area contributed by atoms with Crippen molar-refractivity contribution in [2.24, 2.45) is 0 Å². The van der Waals surface area contributed by atoms with Crippen molar-refractivity contribution in [1.82, 2.24) is 15.0 Å². The molecule has 0 saturated carbocycles. The minimum absolute atomic E-state index is 0.154. The lowest BCUT2D eigenvalue weighted by Gasteiger charge is -2.04. The fourth-order valence-electron chi connectivity index (χ4n) is 1.61. The first-order chi connectivity index (χ1) is 7.72. The minimum Gasteiger partial charge on any atom is -0.383 e. The van der Waals surface area contributed by atoms with Crippen LogP contribution in [0.4, 0.5) is 5.82 Å². The van der Waals surface area contributed by atoms with E-state index in [1.807, 2.05) is 19.1 Å². The summed E-state index contributed by atoms with van der Waals surface area (Å²) in [4.78, 5) is 21.6.